The number of nitrogens with zero attached hydrogens (tertiary/aromatic N) is 3. The van der Waals surface area contributed by atoms with Crippen molar-refractivity contribution in [2.75, 3.05) is 18.9 Å². The topological polar surface area (TPSA) is 135 Å². The molecular weight excluding hydrogens is 452 g/mol. The minimum atomic E-state index is -0.373. The van der Waals surface area contributed by atoms with E-state index in [1.165, 1.54) is 11.3 Å². The lowest BCUT2D eigenvalue weighted by atomic mass is 10.1. The maximum atomic E-state index is 13.2. The molecule has 1 atom stereocenters. The highest BCUT2D eigenvalue weighted by Crippen LogP contribution is 2.28. The molecular formula is C24H26N6O3S. The molecule has 4 aromatic rings. The standard InChI is InChI=1S/C24H26N6O3S/c1-2-17(13-31)28-24(33)21-20(16-8-11-34-14-16)29-22-18(4-3-10-30(21)22)23(32)26-9-7-15-5-6-19(25)27-12-15/h3-6,8,10-12,14,17,31H,2,7,9,13H2,1H3,(H2,25,27)(H,26,32)(H,28,33)/t17-/m0/s1. The Morgan fingerprint density at radius 1 is 1.24 bits per heavy atom. The summed E-state index contributed by atoms with van der Waals surface area (Å²) in [6.45, 7) is 2.13. The van der Waals surface area contributed by atoms with E-state index < -0.39 is 0 Å². The minimum Gasteiger partial charge on any atom is -0.394 e. The molecule has 176 valence electrons. The summed E-state index contributed by atoms with van der Waals surface area (Å²) in [7, 11) is 0. The van der Waals surface area contributed by atoms with Crippen LogP contribution in [-0.4, -0.2) is 50.5 Å². The number of aliphatic hydroxyl groups is 1. The number of thiophene rings is 1. The van der Waals surface area contributed by atoms with Crippen LogP contribution in [0.2, 0.25) is 0 Å². The van der Waals surface area contributed by atoms with Crippen molar-refractivity contribution in [2.24, 2.45) is 0 Å². The fraction of sp³-hybridized carbons (Fsp3) is 0.250. The van der Waals surface area contributed by atoms with E-state index in [1.807, 2.05) is 29.8 Å². The van der Waals surface area contributed by atoms with E-state index >= 15 is 0 Å². The quantitative estimate of drug-likeness (QED) is 0.292. The zero-order chi connectivity index (χ0) is 24.1. The molecule has 0 aliphatic heterocycles. The predicted octanol–water partition coefficient (Wildman–Crippen LogP) is 2.51. The van der Waals surface area contributed by atoms with Crippen LogP contribution >= 0.6 is 11.3 Å². The Morgan fingerprint density at radius 3 is 2.76 bits per heavy atom. The number of carbonyl (C=O) groups excluding carboxylic acids is 2. The van der Waals surface area contributed by atoms with Gasteiger partial charge in [0.25, 0.3) is 11.8 Å². The third kappa shape index (κ3) is 4.92. The molecule has 4 aromatic heterocycles. The van der Waals surface area contributed by atoms with Crippen LogP contribution < -0.4 is 16.4 Å². The monoisotopic (exact) mass is 478 g/mol. The van der Waals surface area contributed by atoms with Crippen LogP contribution in [0, 0.1) is 0 Å². The Bertz CT molecular complexity index is 1280. The minimum absolute atomic E-state index is 0.163. The number of anilines is 1. The predicted molar refractivity (Wildman–Crippen MR) is 132 cm³/mol. The van der Waals surface area contributed by atoms with Crippen molar-refractivity contribution in [3.8, 4) is 11.3 Å². The van der Waals surface area contributed by atoms with Crippen molar-refractivity contribution in [3.05, 3.63) is 70.3 Å². The number of fused-ring (bicyclic) bond motifs is 1. The SMILES string of the molecule is CC[C@@H](CO)NC(=O)c1c(-c2ccsc2)nc2c(C(=O)NCCc3ccc(N)nc3)cccn12. The zero-order valence-corrected chi connectivity index (χ0v) is 19.5. The summed E-state index contributed by atoms with van der Waals surface area (Å²) in [6, 6.07) is 8.50. The molecule has 0 bridgehead atoms. The first-order valence-electron chi connectivity index (χ1n) is 11.0. The molecule has 34 heavy (non-hydrogen) atoms. The number of nitrogens with two attached hydrogens (primary N) is 1. The van der Waals surface area contributed by atoms with Crippen molar-refractivity contribution < 1.29 is 14.7 Å². The Kier molecular flexibility index (Phi) is 7.19. The van der Waals surface area contributed by atoms with Gasteiger partial charge in [-0.3, -0.25) is 14.0 Å². The lowest BCUT2D eigenvalue weighted by Gasteiger charge is -2.14. The van der Waals surface area contributed by atoms with E-state index in [2.05, 4.69) is 15.6 Å². The summed E-state index contributed by atoms with van der Waals surface area (Å²) >= 11 is 1.49. The Morgan fingerprint density at radius 2 is 2.09 bits per heavy atom. The number of nitrogen functional groups attached to an aromatic ring is 1. The first-order chi connectivity index (χ1) is 16.5. The van der Waals surface area contributed by atoms with E-state index in [-0.39, 0.29) is 24.5 Å². The largest absolute Gasteiger partial charge is 0.394 e. The van der Waals surface area contributed by atoms with Gasteiger partial charge in [-0.25, -0.2) is 9.97 Å². The van der Waals surface area contributed by atoms with Gasteiger partial charge in [0, 0.05) is 29.9 Å². The van der Waals surface area contributed by atoms with Gasteiger partial charge in [0.15, 0.2) is 5.65 Å². The van der Waals surface area contributed by atoms with Crippen molar-refractivity contribution in [2.45, 2.75) is 25.8 Å². The average molecular weight is 479 g/mol. The fourth-order valence-corrected chi connectivity index (χ4v) is 4.23. The molecule has 9 nitrogen and oxygen atoms in total. The maximum Gasteiger partial charge on any atom is 0.270 e. The van der Waals surface area contributed by atoms with Gasteiger partial charge < -0.3 is 21.5 Å². The van der Waals surface area contributed by atoms with Crippen molar-refractivity contribution in [1.82, 2.24) is 25.0 Å². The molecule has 0 unspecified atom stereocenters. The third-order valence-electron chi connectivity index (χ3n) is 5.50. The Hall–Kier alpha value is -3.76. The second-order valence-electron chi connectivity index (χ2n) is 7.79. The molecule has 10 heteroatoms. The number of nitrogens with one attached hydrogen (secondary N) is 2. The number of imidazole rings is 1. The number of rotatable bonds is 9. The zero-order valence-electron chi connectivity index (χ0n) is 18.7. The summed E-state index contributed by atoms with van der Waals surface area (Å²) in [6.07, 6.45) is 4.59. The molecule has 0 fully saturated rings. The van der Waals surface area contributed by atoms with Gasteiger partial charge in [-0.05, 0) is 48.1 Å². The molecule has 0 aromatic carbocycles. The van der Waals surface area contributed by atoms with Gasteiger partial charge in [-0.2, -0.15) is 11.3 Å². The highest BCUT2D eigenvalue weighted by atomic mass is 32.1. The van der Waals surface area contributed by atoms with Crippen molar-refractivity contribution >= 4 is 34.6 Å². The maximum absolute atomic E-state index is 13.2. The highest BCUT2D eigenvalue weighted by Gasteiger charge is 2.25. The average Bonchev–Trinajstić information content (AvgIpc) is 3.51. The van der Waals surface area contributed by atoms with E-state index in [9.17, 15) is 14.7 Å². The first-order valence-corrected chi connectivity index (χ1v) is 11.9. The Balaban J connectivity index is 1.64. The second-order valence-corrected chi connectivity index (χ2v) is 8.57. The number of carbonyl (C=O) groups is 2. The lowest BCUT2D eigenvalue weighted by Crippen LogP contribution is -2.37. The van der Waals surface area contributed by atoms with Crippen LogP contribution in [-0.2, 0) is 6.42 Å². The first kappa shape index (κ1) is 23.4. The van der Waals surface area contributed by atoms with Crippen LogP contribution in [0.3, 0.4) is 0 Å². The molecule has 0 aliphatic carbocycles. The van der Waals surface area contributed by atoms with Gasteiger partial charge in [0.2, 0.25) is 0 Å². The molecule has 5 N–H and O–H groups in total. The second kappa shape index (κ2) is 10.4. The van der Waals surface area contributed by atoms with Gasteiger partial charge in [0.05, 0.1) is 18.2 Å². The van der Waals surface area contributed by atoms with Crippen LogP contribution in [0.25, 0.3) is 16.9 Å². The molecule has 0 radical (unpaired) electrons. The molecule has 0 saturated heterocycles. The van der Waals surface area contributed by atoms with Gasteiger partial charge in [0.1, 0.15) is 17.2 Å². The van der Waals surface area contributed by atoms with Crippen LogP contribution in [0.5, 0.6) is 0 Å². The van der Waals surface area contributed by atoms with Crippen molar-refractivity contribution in [1.29, 1.82) is 0 Å². The summed E-state index contributed by atoms with van der Waals surface area (Å²) in [5.41, 5.74) is 8.92. The van der Waals surface area contributed by atoms with E-state index in [0.29, 0.717) is 47.8 Å². The number of aliphatic hydroxyl groups excluding tert-OH is 1. The van der Waals surface area contributed by atoms with Gasteiger partial charge >= 0.3 is 0 Å². The molecule has 4 heterocycles. The van der Waals surface area contributed by atoms with E-state index in [1.54, 1.807) is 35.0 Å². The number of pyridine rings is 2. The van der Waals surface area contributed by atoms with Crippen LogP contribution in [0.15, 0.2) is 53.5 Å². The third-order valence-corrected chi connectivity index (χ3v) is 6.18. The van der Waals surface area contributed by atoms with Gasteiger partial charge in [-0.1, -0.05) is 13.0 Å². The summed E-state index contributed by atoms with van der Waals surface area (Å²) in [4.78, 5) is 35.0. The number of aromatic nitrogens is 3. The summed E-state index contributed by atoms with van der Waals surface area (Å²) in [5.74, 6) is -0.197. The number of amides is 2. The number of hydrogen-bond donors (Lipinski definition) is 4. The summed E-state index contributed by atoms with van der Waals surface area (Å²) in [5, 5.41) is 19.1. The summed E-state index contributed by atoms with van der Waals surface area (Å²) < 4.78 is 1.63. The Labute approximate surface area is 200 Å². The molecule has 0 spiro atoms. The molecule has 4 rings (SSSR count). The highest BCUT2D eigenvalue weighted by molar-refractivity contribution is 7.08. The van der Waals surface area contributed by atoms with E-state index in [4.69, 9.17) is 10.7 Å². The smallest absolute Gasteiger partial charge is 0.270 e. The van der Waals surface area contributed by atoms with Crippen LogP contribution in [0.1, 0.15) is 39.8 Å². The molecule has 0 saturated carbocycles. The van der Waals surface area contributed by atoms with Gasteiger partial charge in [-0.15, -0.1) is 0 Å². The molecule has 2 amide bonds. The fourth-order valence-electron chi connectivity index (χ4n) is 3.59. The number of hydrogen-bond acceptors (Lipinski definition) is 7. The lowest BCUT2D eigenvalue weighted by molar-refractivity contribution is 0.0907. The molecule has 0 aliphatic rings. The van der Waals surface area contributed by atoms with Crippen LogP contribution in [0.4, 0.5) is 5.82 Å². The van der Waals surface area contributed by atoms with Crippen molar-refractivity contribution in [3.63, 3.8) is 0 Å². The normalized spacial score (nSPS) is 11.9. The van der Waals surface area contributed by atoms with E-state index in [0.717, 1.165) is 11.1 Å².